The number of aromatic hydroxyl groups is 1. The molecule has 0 aliphatic heterocycles. The van der Waals surface area contributed by atoms with Crippen LogP contribution in [0.5, 0.6) is 5.75 Å². The number of hydrogen-bond acceptors (Lipinski definition) is 3. The van der Waals surface area contributed by atoms with Crippen LogP contribution in [0.3, 0.4) is 0 Å². The van der Waals surface area contributed by atoms with Crippen LogP contribution in [-0.2, 0) is 12.0 Å². The maximum Gasteiger partial charge on any atom is 0.152 e. The van der Waals surface area contributed by atoms with Crippen molar-refractivity contribution in [2.75, 3.05) is 0 Å². The Labute approximate surface area is 117 Å². The summed E-state index contributed by atoms with van der Waals surface area (Å²) >= 11 is 3.21. The first-order valence-electron chi connectivity index (χ1n) is 4.45. The molecule has 0 amide bonds. The summed E-state index contributed by atoms with van der Waals surface area (Å²) in [6, 6.07) is 1.85. The van der Waals surface area contributed by atoms with E-state index >= 15 is 0 Å². The molecule has 0 radical (unpaired) electrons. The Morgan fingerprint density at radius 3 is 2.25 bits per heavy atom. The minimum atomic E-state index is -0.0415. The predicted molar refractivity (Wildman–Crippen MR) is 74.7 cm³/mol. The van der Waals surface area contributed by atoms with Crippen molar-refractivity contribution in [1.29, 1.82) is 0 Å². The lowest BCUT2D eigenvalue weighted by atomic mass is 9.91. The molecular weight excluding hydrogens is 315 g/mol. The van der Waals surface area contributed by atoms with Crippen LogP contribution in [0, 0.1) is 0 Å². The van der Waals surface area contributed by atoms with Gasteiger partial charge in [0, 0.05) is 23.2 Å². The van der Waals surface area contributed by atoms with Gasteiger partial charge in [-0.2, -0.15) is 0 Å². The second-order valence-electron chi connectivity index (χ2n) is 4.26. The fourth-order valence-electron chi connectivity index (χ4n) is 1.10. The Morgan fingerprint density at radius 1 is 1.38 bits per heavy atom. The van der Waals surface area contributed by atoms with Crippen molar-refractivity contribution in [3.8, 4) is 5.75 Å². The molecule has 0 aromatic carbocycles. The average Bonchev–Trinajstić information content (AvgIpc) is 2.07. The number of hydrogen-bond donors (Lipinski definition) is 2. The van der Waals surface area contributed by atoms with E-state index in [-0.39, 0.29) is 36.0 Å². The topological polar surface area (TPSA) is 59.1 Å². The fraction of sp³-hybridized carbons (Fsp3) is 0.500. The summed E-state index contributed by atoms with van der Waals surface area (Å²) in [4.78, 5) is 4.26. The molecule has 1 rings (SSSR count). The minimum Gasteiger partial charge on any atom is -0.505 e. The van der Waals surface area contributed by atoms with Crippen LogP contribution in [0.4, 0.5) is 0 Å². The van der Waals surface area contributed by atoms with E-state index in [0.717, 1.165) is 11.3 Å². The monoisotopic (exact) mass is 330 g/mol. The fourth-order valence-corrected chi connectivity index (χ4v) is 1.54. The van der Waals surface area contributed by atoms with E-state index in [4.69, 9.17) is 5.73 Å². The number of halogens is 3. The number of pyridine rings is 1. The molecule has 0 saturated carbocycles. The highest BCUT2D eigenvalue weighted by molar-refractivity contribution is 9.10. The van der Waals surface area contributed by atoms with Gasteiger partial charge in [-0.05, 0) is 22.0 Å². The van der Waals surface area contributed by atoms with Crippen LogP contribution in [-0.4, -0.2) is 10.1 Å². The maximum absolute atomic E-state index is 9.60. The van der Waals surface area contributed by atoms with Gasteiger partial charge in [0.15, 0.2) is 5.75 Å². The van der Waals surface area contributed by atoms with Gasteiger partial charge in [-0.15, -0.1) is 24.8 Å². The third-order valence-corrected chi connectivity index (χ3v) is 2.57. The zero-order chi connectivity index (χ0) is 10.9. The lowest BCUT2D eigenvalue weighted by molar-refractivity contribution is 0.457. The maximum atomic E-state index is 9.60. The van der Waals surface area contributed by atoms with Gasteiger partial charge < -0.3 is 10.8 Å². The molecule has 0 spiro atoms. The van der Waals surface area contributed by atoms with E-state index in [9.17, 15) is 5.11 Å². The normalized spacial score (nSPS) is 10.3. The highest BCUT2D eigenvalue weighted by atomic mass is 79.9. The molecule has 0 aliphatic rings. The standard InChI is InChI=1S/C10H15BrN2O.2ClH/c1-10(2,3)7-4-6(5-12)8(14)9(11)13-7;;/h4,14H,5,12H2,1-3H3;2*1H. The van der Waals surface area contributed by atoms with Gasteiger partial charge in [-0.25, -0.2) is 4.98 Å². The SMILES string of the molecule is CC(C)(C)c1cc(CN)c(O)c(Br)n1.Cl.Cl. The first kappa shape index (κ1) is 18.3. The molecule has 0 aliphatic carbocycles. The van der Waals surface area contributed by atoms with Crippen molar-refractivity contribution in [3.05, 3.63) is 21.9 Å². The van der Waals surface area contributed by atoms with Gasteiger partial charge in [-0.1, -0.05) is 20.8 Å². The Morgan fingerprint density at radius 2 is 1.88 bits per heavy atom. The molecular formula is C10H17BrCl2N2O. The predicted octanol–water partition coefficient (Wildman–Crippen LogP) is 3.15. The van der Waals surface area contributed by atoms with Crippen molar-refractivity contribution in [2.24, 2.45) is 5.73 Å². The summed E-state index contributed by atoms with van der Waals surface area (Å²) in [6.45, 7) is 6.52. The van der Waals surface area contributed by atoms with Crippen molar-refractivity contribution in [3.63, 3.8) is 0 Å². The van der Waals surface area contributed by atoms with Crippen LogP contribution in [0.25, 0.3) is 0 Å². The number of aromatic nitrogens is 1. The summed E-state index contributed by atoms with van der Waals surface area (Å²) in [6.07, 6.45) is 0. The van der Waals surface area contributed by atoms with Crippen molar-refractivity contribution in [1.82, 2.24) is 4.98 Å². The average molecular weight is 332 g/mol. The van der Waals surface area contributed by atoms with Crippen molar-refractivity contribution in [2.45, 2.75) is 32.7 Å². The molecule has 94 valence electrons. The second kappa shape index (κ2) is 6.64. The number of rotatable bonds is 1. The van der Waals surface area contributed by atoms with E-state index in [1.165, 1.54) is 0 Å². The van der Waals surface area contributed by atoms with Crippen molar-refractivity contribution < 1.29 is 5.11 Å². The number of nitrogens with zero attached hydrogens (tertiary/aromatic N) is 1. The molecule has 1 aromatic rings. The van der Waals surface area contributed by atoms with Gasteiger partial charge in [-0.3, -0.25) is 0 Å². The summed E-state index contributed by atoms with van der Waals surface area (Å²) in [7, 11) is 0. The minimum absolute atomic E-state index is 0. The molecule has 0 unspecified atom stereocenters. The Balaban J connectivity index is 0. The molecule has 3 N–H and O–H groups in total. The molecule has 16 heavy (non-hydrogen) atoms. The molecule has 0 fully saturated rings. The first-order valence-corrected chi connectivity index (χ1v) is 5.24. The lowest BCUT2D eigenvalue weighted by Gasteiger charge is -2.19. The lowest BCUT2D eigenvalue weighted by Crippen LogP contribution is -2.15. The largest absolute Gasteiger partial charge is 0.505 e. The van der Waals surface area contributed by atoms with E-state index in [1.807, 2.05) is 6.07 Å². The van der Waals surface area contributed by atoms with Gasteiger partial charge in [0.2, 0.25) is 0 Å². The van der Waals surface area contributed by atoms with Crippen LogP contribution >= 0.6 is 40.7 Å². The Kier molecular flexibility index (Phi) is 7.61. The first-order chi connectivity index (χ1) is 6.36. The van der Waals surface area contributed by atoms with Gasteiger partial charge >= 0.3 is 0 Å². The Bertz CT molecular complexity index is 353. The molecule has 1 heterocycles. The van der Waals surface area contributed by atoms with Gasteiger partial charge in [0.05, 0.1) is 0 Å². The molecule has 1 aromatic heterocycles. The van der Waals surface area contributed by atoms with Gasteiger partial charge in [0.1, 0.15) is 4.60 Å². The second-order valence-corrected chi connectivity index (χ2v) is 5.01. The third-order valence-electron chi connectivity index (χ3n) is 2.02. The molecule has 0 saturated heterocycles. The molecule has 6 heteroatoms. The Hall–Kier alpha value is -0.0300. The van der Waals surface area contributed by atoms with E-state index in [1.54, 1.807) is 0 Å². The smallest absolute Gasteiger partial charge is 0.152 e. The molecule has 0 bridgehead atoms. The zero-order valence-corrected chi connectivity index (χ0v) is 12.7. The molecule has 3 nitrogen and oxygen atoms in total. The van der Waals surface area contributed by atoms with Crippen LogP contribution < -0.4 is 5.73 Å². The van der Waals surface area contributed by atoms with Crippen molar-refractivity contribution >= 4 is 40.7 Å². The molecule has 0 atom stereocenters. The summed E-state index contributed by atoms with van der Waals surface area (Å²) < 4.78 is 0.463. The quantitative estimate of drug-likeness (QED) is 0.777. The highest BCUT2D eigenvalue weighted by Gasteiger charge is 2.18. The summed E-state index contributed by atoms with van der Waals surface area (Å²) in [5, 5.41) is 9.60. The summed E-state index contributed by atoms with van der Waals surface area (Å²) in [5.41, 5.74) is 7.12. The van der Waals surface area contributed by atoms with Crippen LogP contribution in [0.1, 0.15) is 32.0 Å². The van der Waals surface area contributed by atoms with E-state index < -0.39 is 0 Å². The van der Waals surface area contributed by atoms with Crippen LogP contribution in [0.2, 0.25) is 0 Å². The van der Waals surface area contributed by atoms with Gasteiger partial charge in [0.25, 0.3) is 0 Å². The van der Waals surface area contributed by atoms with Crippen LogP contribution in [0.15, 0.2) is 10.7 Å². The summed E-state index contributed by atoms with van der Waals surface area (Å²) in [5.74, 6) is 0.139. The zero-order valence-electron chi connectivity index (χ0n) is 9.45. The third kappa shape index (κ3) is 4.09. The highest BCUT2D eigenvalue weighted by Crippen LogP contribution is 2.30. The number of nitrogens with two attached hydrogens (primary N) is 1. The van der Waals surface area contributed by atoms with E-state index in [2.05, 4.69) is 41.7 Å². The van der Waals surface area contributed by atoms with E-state index in [0.29, 0.717) is 11.1 Å².